The van der Waals surface area contributed by atoms with Gasteiger partial charge in [-0.1, -0.05) is 28.1 Å². The zero-order valence-corrected chi connectivity index (χ0v) is 13.7. The van der Waals surface area contributed by atoms with Crippen molar-refractivity contribution in [2.75, 3.05) is 11.9 Å². The van der Waals surface area contributed by atoms with Gasteiger partial charge < -0.3 is 10.6 Å². The quantitative estimate of drug-likeness (QED) is 0.891. The van der Waals surface area contributed by atoms with Crippen molar-refractivity contribution >= 4 is 33.0 Å². The van der Waals surface area contributed by atoms with Gasteiger partial charge in [0.05, 0.1) is 0 Å². The molecule has 0 aliphatic heterocycles. The third-order valence-electron chi connectivity index (χ3n) is 3.42. The Morgan fingerprint density at radius 1 is 1.32 bits per heavy atom. The van der Waals surface area contributed by atoms with Crippen molar-refractivity contribution in [3.63, 3.8) is 0 Å². The third-order valence-corrected chi connectivity index (χ3v) is 5.06. The van der Waals surface area contributed by atoms with Gasteiger partial charge in [-0.15, -0.1) is 11.3 Å². The number of anilines is 1. The maximum absolute atomic E-state index is 5.87. The Bertz CT molecular complexity index is 525. The zero-order chi connectivity index (χ0) is 13.8. The fourth-order valence-corrected chi connectivity index (χ4v) is 3.52. The second kappa shape index (κ2) is 6.55. The molecule has 2 nitrogen and oxygen atoms in total. The minimum atomic E-state index is 0.443. The monoisotopic (exact) mass is 338 g/mol. The molecule has 0 bridgehead atoms. The van der Waals surface area contributed by atoms with Crippen LogP contribution in [-0.2, 0) is 13.0 Å². The maximum atomic E-state index is 5.87. The average Bonchev–Trinajstić information content (AvgIpc) is 2.90. The Balaban J connectivity index is 2.19. The van der Waals surface area contributed by atoms with E-state index < -0.39 is 0 Å². The second-order valence-electron chi connectivity index (χ2n) is 4.69. The summed E-state index contributed by atoms with van der Waals surface area (Å²) >= 11 is 5.40. The van der Waals surface area contributed by atoms with Crippen LogP contribution in [0.4, 0.5) is 5.69 Å². The Morgan fingerprint density at radius 2 is 2.11 bits per heavy atom. The Hall–Kier alpha value is -0.840. The summed E-state index contributed by atoms with van der Waals surface area (Å²) in [5.74, 6) is 0. The van der Waals surface area contributed by atoms with Crippen LogP contribution in [0.2, 0.25) is 0 Å². The molecule has 1 aromatic carbocycles. The summed E-state index contributed by atoms with van der Waals surface area (Å²) < 4.78 is 1.09. The molecule has 0 fully saturated rings. The van der Waals surface area contributed by atoms with Crippen molar-refractivity contribution in [3.05, 3.63) is 50.6 Å². The number of thiophene rings is 1. The summed E-state index contributed by atoms with van der Waals surface area (Å²) in [6.45, 7) is 2.80. The Labute approximate surface area is 127 Å². The average molecular weight is 339 g/mol. The first-order chi connectivity index (χ1) is 9.13. The van der Waals surface area contributed by atoms with E-state index in [9.17, 15) is 0 Å². The molecule has 0 amide bonds. The predicted octanol–water partition coefficient (Wildman–Crippen LogP) is 4.04. The fraction of sp³-hybridized carbons (Fsp3) is 0.333. The Kier molecular flexibility index (Phi) is 5.02. The van der Waals surface area contributed by atoms with Crippen LogP contribution >= 0.6 is 27.3 Å². The first-order valence-electron chi connectivity index (χ1n) is 6.36. The number of hydrogen-bond acceptors (Lipinski definition) is 3. The molecule has 4 heteroatoms. The standard InChI is InChI=1S/C15H19BrN2S/c1-11(9-12-5-4-8-19-12)18(2)15-7-3-6-14(16)13(15)10-17/h3-8,11H,9-10,17H2,1-2H3. The van der Waals surface area contributed by atoms with Gasteiger partial charge in [0.15, 0.2) is 0 Å². The molecule has 19 heavy (non-hydrogen) atoms. The van der Waals surface area contributed by atoms with Crippen LogP contribution in [0.15, 0.2) is 40.2 Å². The Morgan fingerprint density at radius 3 is 2.74 bits per heavy atom. The molecule has 0 radical (unpaired) electrons. The minimum Gasteiger partial charge on any atom is -0.371 e. The fourth-order valence-electron chi connectivity index (χ4n) is 2.17. The highest BCUT2D eigenvalue weighted by Gasteiger charge is 2.15. The zero-order valence-electron chi connectivity index (χ0n) is 11.3. The second-order valence-corrected chi connectivity index (χ2v) is 6.57. The highest BCUT2D eigenvalue weighted by Crippen LogP contribution is 2.28. The van der Waals surface area contributed by atoms with Crippen LogP contribution in [0.25, 0.3) is 0 Å². The van der Waals surface area contributed by atoms with Crippen molar-refractivity contribution in [2.24, 2.45) is 5.73 Å². The molecule has 0 saturated carbocycles. The van der Waals surface area contributed by atoms with Crippen LogP contribution in [0.1, 0.15) is 17.4 Å². The maximum Gasteiger partial charge on any atom is 0.0423 e. The molecule has 1 atom stereocenters. The number of hydrogen-bond donors (Lipinski definition) is 1. The van der Waals surface area contributed by atoms with Crippen LogP contribution in [0, 0.1) is 0 Å². The van der Waals surface area contributed by atoms with Gasteiger partial charge in [-0.25, -0.2) is 0 Å². The molecule has 2 N–H and O–H groups in total. The molecule has 2 aromatic rings. The van der Waals surface area contributed by atoms with E-state index >= 15 is 0 Å². The van der Waals surface area contributed by atoms with E-state index in [1.807, 2.05) is 17.4 Å². The molecule has 102 valence electrons. The lowest BCUT2D eigenvalue weighted by molar-refractivity contribution is 0.685. The summed E-state index contributed by atoms with van der Waals surface area (Å²) in [5.41, 5.74) is 8.25. The van der Waals surface area contributed by atoms with Crippen LogP contribution in [0.5, 0.6) is 0 Å². The summed E-state index contributed by atoms with van der Waals surface area (Å²) in [5, 5.41) is 2.13. The summed E-state index contributed by atoms with van der Waals surface area (Å²) in [6.07, 6.45) is 1.06. The smallest absolute Gasteiger partial charge is 0.0423 e. The number of rotatable bonds is 5. The van der Waals surface area contributed by atoms with Crippen molar-refractivity contribution in [1.82, 2.24) is 0 Å². The lowest BCUT2D eigenvalue weighted by Crippen LogP contribution is -2.31. The highest BCUT2D eigenvalue weighted by atomic mass is 79.9. The first kappa shape index (κ1) is 14.6. The van der Waals surface area contributed by atoms with Crippen molar-refractivity contribution in [1.29, 1.82) is 0 Å². The molecule has 1 heterocycles. The van der Waals surface area contributed by atoms with E-state index in [4.69, 9.17) is 5.73 Å². The van der Waals surface area contributed by atoms with E-state index in [1.165, 1.54) is 16.1 Å². The molecule has 0 aliphatic rings. The van der Waals surface area contributed by atoms with Crippen molar-refractivity contribution < 1.29 is 0 Å². The largest absolute Gasteiger partial charge is 0.371 e. The molecule has 2 rings (SSSR count). The summed E-state index contributed by atoms with van der Waals surface area (Å²) in [4.78, 5) is 3.73. The van der Waals surface area contributed by atoms with E-state index in [0.29, 0.717) is 12.6 Å². The molecule has 0 aliphatic carbocycles. The normalized spacial score (nSPS) is 12.4. The van der Waals surface area contributed by atoms with E-state index in [1.54, 1.807) is 0 Å². The van der Waals surface area contributed by atoms with Crippen molar-refractivity contribution in [3.8, 4) is 0 Å². The van der Waals surface area contributed by atoms with Crippen LogP contribution < -0.4 is 10.6 Å². The van der Waals surface area contributed by atoms with E-state index in [-0.39, 0.29) is 0 Å². The van der Waals surface area contributed by atoms with Gasteiger partial charge in [0.1, 0.15) is 0 Å². The minimum absolute atomic E-state index is 0.443. The lowest BCUT2D eigenvalue weighted by Gasteiger charge is -2.29. The first-order valence-corrected chi connectivity index (χ1v) is 8.03. The van der Waals surface area contributed by atoms with Gasteiger partial charge in [0, 0.05) is 46.7 Å². The number of benzene rings is 1. The number of nitrogens with zero attached hydrogens (tertiary/aromatic N) is 1. The predicted molar refractivity (Wildman–Crippen MR) is 87.9 cm³/mol. The molecule has 1 aromatic heterocycles. The van der Waals surface area contributed by atoms with Gasteiger partial charge >= 0.3 is 0 Å². The molecule has 0 saturated heterocycles. The van der Waals surface area contributed by atoms with Gasteiger partial charge in [-0.2, -0.15) is 0 Å². The number of halogens is 1. The lowest BCUT2D eigenvalue weighted by atomic mass is 10.1. The van der Waals surface area contributed by atoms with Gasteiger partial charge in [-0.05, 0) is 30.5 Å². The molecule has 0 spiro atoms. The van der Waals surface area contributed by atoms with Gasteiger partial charge in [-0.3, -0.25) is 0 Å². The molecular weight excluding hydrogens is 320 g/mol. The van der Waals surface area contributed by atoms with Gasteiger partial charge in [0.2, 0.25) is 0 Å². The SMILES string of the molecule is CC(Cc1cccs1)N(C)c1cccc(Br)c1CN. The van der Waals surface area contributed by atoms with Crippen molar-refractivity contribution in [2.45, 2.75) is 25.9 Å². The van der Waals surface area contributed by atoms with E-state index in [0.717, 1.165) is 10.9 Å². The van der Waals surface area contributed by atoms with Crippen LogP contribution in [-0.4, -0.2) is 13.1 Å². The van der Waals surface area contributed by atoms with Gasteiger partial charge in [0.25, 0.3) is 0 Å². The van der Waals surface area contributed by atoms with Crippen LogP contribution in [0.3, 0.4) is 0 Å². The third kappa shape index (κ3) is 3.38. The molecule has 1 unspecified atom stereocenters. The molecular formula is C15H19BrN2S. The highest BCUT2D eigenvalue weighted by molar-refractivity contribution is 9.10. The number of likely N-dealkylation sites (N-methyl/N-ethyl adjacent to an activating group) is 1. The summed E-state index contributed by atoms with van der Waals surface area (Å²) in [6, 6.07) is 11.0. The number of nitrogens with two attached hydrogens (primary N) is 1. The van der Waals surface area contributed by atoms with E-state index in [2.05, 4.69) is 64.4 Å². The topological polar surface area (TPSA) is 29.3 Å². The summed E-state index contributed by atoms with van der Waals surface area (Å²) in [7, 11) is 2.14.